The van der Waals surface area contributed by atoms with Crippen LogP contribution in [0.1, 0.15) is 24.8 Å². The monoisotopic (exact) mass is 323 g/mol. The third-order valence-electron chi connectivity index (χ3n) is 4.08. The van der Waals surface area contributed by atoms with Gasteiger partial charge in [-0.2, -0.15) is 5.26 Å². The van der Waals surface area contributed by atoms with Crippen LogP contribution in [0, 0.1) is 11.3 Å². The first-order valence-electron chi connectivity index (χ1n) is 7.80. The van der Waals surface area contributed by atoms with E-state index in [9.17, 15) is 9.59 Å². The highest BCUT2D eigenvalue weighted by molar-refractivity contribution is 6.01. The van der Waals surface area contributed by atoms with Crippen LogP contribution in [-0.4, -0.2) is 28.4 Å². The van der Waals surface area contributed by atoms with Gasteiger partial charge in [-0.1, -0.05) is 6.07 Å². The second kappa shape index (κ2) is 6.54. The summed E-state index contributed by atoms with van der Waals surface area (Å²) < 4.78 is 1.40. The Balaban J connectivity index is 2.27. The average Bonchev–Trinajstić information content (AvgIpc) is 2.61. The van der Waals surface area contributed by atoms with Gasteiger partial charge in [0.25, 0.3) is 11.5 Å². The quantitative estimate of drug-likeness (QED) is 0.672. The fourth-order valence-electron chi connectivity index (χ4n) is 2.87. The molecule has 0 radical (unpaired) electrons. The minimum atomic E-state index is -0.861. The molecule has 7 heteroatoms. The molecule has 0 aromatic carbocycles. The molecule has 2 N–H and O–H groups in total. The summed E-state index contributed by atoms with van der Waals surface area (Å²) in [7, 11) is 0. The Morgan fingerprint density at radius 3 is 2.71 bits per heavy atom. The van der Waals surface area contributed by atoms with E-state index in [1.165, 1.54) is 10.5 Å². The van der Waals surface area contributed by atoms with Crippen molar-refractivity contribution >= 4 is 23.4 Å². The zero-order valence-electron chi connectivity index (χ0n) is 13.1. The van der Waals surface area contributed by atoms with Crippen LogP contribution < -0.4 is 16.2 Å². The summed E-state index contributed by atoms with van der Waals surface area (Å²) >= 11 is 0. The number of carbonyl (C=O) groups is 1. The van der Waals surface area contributed by atoms with Crippen LogP contribution in [0.3, 0.4) is 0 Å². The number of aromatic nitrogens is 2. The predicted octanol–water partition coefficient (Wildman–Crippen LogP) is 1.08. The maximum Gasteiger partial charge on any atom is 0.267 e. The summed E-state index contributed by atoms with van der Waals surface area (Å²) in [5.41, 5.74) is 5.37. The van der Waals surface area contributed by atoms with Gasteiger partial charge in [0.2, 0.25) is 0 Å². The van der Waals surface area contributed by atoms with E-state index < -0.39 is 5.91 Å². The summed E-state index contributed by atoms with van der Waals surface area (Å²) in [6, 6.07) is 7.03. The summed E-state index contributed by atoms with van der Waals surface area (Å²) in [5.74, 6) is -0.362. The molecule has 1 amide bonds. The lowest BCUT2D eigenvalue weighted by Crippen LogP contribution is -2.33. The van der Waals surface area contributed by atoms with Crippen LogP contribution in [0.15, 0.2) is 34.8 Å². The van der Waals surface area contributed by atoms with E-state index in [0.717, 1.165) is 32.4 Å². The first kappa shape index (κ1) is 15.7. The van der Waals surface area contributed by atoms with E-state index in [-0.39, 0.29) is 16.7 Å². The molecule has 0 atom stereocenters. The second-order valence-electron chi connectivity index (χ2n) is 5.66. The molecule has 0 spiro atoms. The summed E-state index contributed by atoms with van der Waals surface area (Å²) in [4.78, 5) is 30.9. The van der Waals surface area contributed by atoms with Crippen LogP contribution in [0.25, 0.3) is 11.7 Å². The number of nitrogens with zero attached hydrogens (tertiary/aromatic N) is 4. The van der Waals surface area contributed by atoms with Crippen molar-refractivity contribution in [3.05, 3.63) is 45.9 Å². The van der Waals surface area contributed by atoms with Crippen LogP contribution >= 0.6 is 0 Å². The normalized spacial score (nSPS) is 15.3. The molecular formula is C17H17N5O2. The van der Waals surface area contributed by atoms with Gasteiger partial charge in [0.05, 0.1) is 5.56 Å². The molecule has 2 aromatic heterocycles. The van der Waals surface area contributed by atoms with Crippen molar-refractivity contribution in [3.63, 3.8) is 0 Å². The van der Waals surface area contributed by atoms with Crippen molar-refractivity contribution < 1.29 is 4.79 Å². The highest BCUT2D eigenvalue weighted by Gasteiger charge is 2.20. The van der Waals surface area contributed by atoms with Gasteiger partial charge in [0, 0.05) is 19.3 Å². The summed E-state index contributed by atoms with van der Waals surface area (Å²) in [6.07, 6.45) is 6.03. The Morgan fingerprint density at radius 1 is 1.29 bits per heavy atom. The van der Waals surface area contributed by atoms with Crippen molar-refractivity contribution in [2.45, 2.75) is 19.3 Å². The Bertz CT molecular complexity index is 917. The molecule has 7 nitrogen and oxygen atoms in total. The molecule has 122 valence electrons. The van der Waals surface area contributed by atoms with Gasteiger partial charge in [0.15, 0.2) is 0 Å². The number of amides is 1. The fourth-order valence-corrected chi connectivity index (χ4v) is 2.87. The lowest BCUT2D eigenvalue weighted by Gasteiger charge is -2.29. The number of primary amides is 1. The Hall–Kier alpha value is -3.14. The van der Waals surface area contributed by atoms with Gasteiger partial charge in [-0.15, -0.1) is 0 Å². The molecule has 3 rings (SSSR count). The van der Waals surface area contributed by atoms with E-state index in [2.05, 4.69) is 4.98 Å². The molecule has 0 saturated carbocycles. The molecular weight excluding hydrogens is 306 g/mol. The number of nitrogens with two attached hydrogens (primary N) is 1. The predicted molar refractivity (Wildman–Crippen MR) is 90.3 cm³/mol. The lowest BCUT2D eigenvalue weighted by molar-refractivity contribution is -0.114. The zero-order chi connectivity index (χ0) is 17.1. The lowest BCUT2D eigenvalue weighted by atomic mass is 10.1. The molecule has 24 heavy (non-hydrogen) atoms. The summed E-state index contributed by atoms with van der Waals surface area (Å²) in [6.45, 7) is 1.57. The van der Waals surface area contributed by atoms with Crippen LogP contribution in [0.5, 0.6) is 0 Å². The van der Waals surface area contributed by atoms with Gasteiger partial charge in [-0.05, 0) is 37.5 Å². The first-order valence-corrected chi connectivity index (χ1v) is 7.80. The maximum absolute atomic E-state index is 12.9. The van der Waals surface area contributed by atoms with Crippen molar-refractivity contribution in [1.29, 1.82) is 5.26 Å². The molecule has 2 aromatic rings. The number of hydrogen-bond acceptors (Lipinski definition) is 5. The number of piperidine rings is 1. The van der Waals surface area contributed by atoms with Crippen molar-refractivity contribution in [2.75, 3.05) is 18.0 Å². The van der Waals surface area contributed by atoms with Crippen LogP contribution in [-0.2, 0) is 4.79 Å². The van der Waals surface area contributed by atoms with Crippen molar-refractivity contribution in [1.82, 2.24) is 9.38 Å². The number of fused-ring (bicyclic) bond motifs is 1. The molecule has 0 unspecified atom stereocenters. The van der Waals surface area contributed by atoms with Crippen LogP contribution in [0.2, 0.25) is 0 Å². The van der Waals surface area contributed by atoms with Gasteiger partial charge < -0.3 is 10.6 Å². The minimum absolute atomic E-state index is 0.218. The van der Waals surface area contributed by atoms with Crippen LogP contribution in [0.4, 0.5) is 5.82 Å². The Kier molecular flexibility index (Phi) is 4.29. The minimum Gasteiger partial charge on any atom is -0.365 e. The first-order chi connectivity index (χ1) is 11.6. The van der Waals surface area contributed by atoms with Crippen molar-refractivity contribution in [3.8, 4) is 6.07 Å². The molecule has 1 saturated heterocycles. The van der Waals surface area contributed by atoms with E-state index in [0.29, 0.717) is 11.5 Å². The number of carbonyl (C=O) groups excluding carboxylic acids is 1. The number of hydrogen-bond donors (Lipinski definition) is 1. The molecule has 0 bridgehead atoms. The zero-order valence-corrected chi connectivity index (χ0v) is 13.1. The molecule has 0 aliphatic carbocycles. The smallest absolute Gasteiger partial charge is 0.267 e. The number of rotatable bonds is 3. The number of nitriles is 1. The highest BCUT2D eigenvalue weighted by Crippen LogP contribution is 2.22. The van der Waals surface area contributed by atoms with E-state index >= 15 is 0 Å². The third-order valence-corrected chi connectivity index (χ3v) is 4.08. The molecule has 1 aliphatic rings. The van der Waals surface area contributed by atoms with Gasteiger partial charge in [-0.25, -0.2) is 4.98 Å². The SMILES string of the molecule is N#C/C(=C\c1c(N2CCCCC2)nc2ccccn2c1=O)C(N)=O. The standard InChI is InChI=1S/C17H17N5O2/c18-11-12(15(19)23)10-13-16(21-7-3-1-4-8-21)20-14-6-2-5-9-22(14)17(13)24/h2,5-6,9-10H,1,3-4,7-8H2,(H2,19,23)/b12-10+. The average molecular weight is 323 g/mol. The number of pyridine rings is 1. The van der Waals surface area contributed by atoms with Crippen molar-refractivity contribution in [2.24, 2.45) is 5.73 Å². The topological polar surface area (TPSA) is 104 Å². The molecule has 3 heterocycles. The van der Waals surface area contributed by atoms with E-state index in [1.54, 1.807) is 30.5 Å². The molecule has 1 fully saturated rings. The van der Waals surface area contributed by atoms with E-state index in [1.807, 2.05) is 4.90 Å². The molecule has 1 aliphatic heterocycles. The van der Waals surface area contributed by atoms with Gasteiger partial charge in [0.1, 0.15) is 23.1 Å². The fraction of sp³-hybridized carbons (Fsp3) is 0.294. The number of anilines is 1. The largest absolute Gasteiger partial charge is 0.365 e. The van der Waals surface area contributed by atoms with Gasteiger partial charge >= 0.3 is 0 Å². The second-order valence-corrected chi connectivity index (χ2v) is 5.66. The Morgan fingerprint density at radius 2 is 2.04 bits per heavy atom. The van der Waals surface area contributed by atoms with Gasteiger partial charge in [-0.3, -0.25) is 14.0 Å². The third kappa shape index (κ3) is 2.86. The highest BCUT2D eigenvalue weighted by atomic mass is 16.1. The van der Waals surface area contributed by atoms with E-state index in [4.69, 9.17) is 11.0 Å². The summed E-state index contributed by atoms with van der Waals surface area (Å²) in [5, 5.41) is 9.10. The maximum atomic E-state index is 12.9. The Labute approximate surface area is 138 Å².